The van der Waals surface area contributed by atoms with E-state index in [1.165, 1.54) is 22.7 Å². The third kappa shape index (κ3) is 7.29. The Balaban J connectivity index is 1.07. The molecule has 0 aliphatic heterocycles. The quantitative estimate of drug-likeness (QED) is 0.0770. The van der Waals surface area contributed by atoms with Crippen molar-refractivity contribution in [3.63, 3.8) is 0 Å². The van der Waals surface area contributed by atoms with Crippen molar-refractivity contribution in [2.75, 3.05) is 9.80 Å². The molecule has 0 radical (unpaired) electrons. The van der Waals surface area contributed by atoms with E-state index in [2.05, 4.69) is 9.80 Å². The van der Waals surface area contributed by atoms with Gasteiger partial charge >= 0.3 is 0 Å². The lowest BCUT2D eigenvalue weighted by Crippen LogP contribution is -2.09. The molecule has 2 nitrogen and oxygen atoms in total. The van der Waals surface area contributed by atoms with E-state index in [9.17, 15) is 0 Å². The van der Waals surface area contributed by atoms with E-state index < -0.39 is 23.3 Å². The van der Waals surface area contributed by atoms with Crippen LogP contribution in [0, 0.1) is 37.1 Å². The summed E-state index contributed by atoms with van der Waals surface area (Å²) in [5.41, 5.74) is 7.55. The fourth-order valence-electron chi connectivity index (χ4n) is 7.63. The highest BCUT2D eigenvalue weighted by Crippen LogP contribution is 2.48. The van der Waals surface area contributed by atoms with E-state index in [1.807, 2.05) is 170 Å². The van der Waals surface area contributed by atoms with Crippen LogP contribution in [0.1, 0.15) is 9.75 Å². The maximum Gasteiger partial charge on any atom is 0.198 e. The minimum absolute atomic E-state index is 0.300. The number of halogens is 4. The summed E-state index contributed by atoms with van der Waals surface area (Å²) in [6, 6.07) is 59.6. The van der Waals surface area contributed by atoms with Crippen LogP contribution in [0.4, 0.5) is 51.7 Å². The van der Waals surface area contributed by atoms with Crippen molar-refractivity contribution in [3.05, 3.63) is 215 Å². The normalized spacial score (nSPS) is 11.2. The van der Waals surface area contributed by atoms with Crippen LogP contribution in [0.2, 0.25) is 0 Å². The molecule has 0 spiro atoms. The highest BCUT2D eigenvalue weighted by atomic mass is 32.1. The third-order valence-corrected chi connectivity index (χ3v) is 12.7. The molecule has 60 heavy (non-hydrogen) atoms. The zero-order valence-corrected chi connectivity index (χ0v) is 34.2. The minimum atomic E-state index is -1.84. The maximum atomic E-state index is 16.2. The van der Waals surface area contributed by atoms with Gasteiger partial charge in [-0.05, 0) is 121 Å². The fraction of sp³-hybridized carbons (Fsp3) is 0.0385. The molecule has 0 unspecified atom stereocenters. The van der Waals surface area contributed by atoms with E-state index in [-0.39, 0.29) is 11.1 Å². The fourth-order valence-corrected chi connectivity index (χ4v) is 9.70. The molecule has 2 aromatic heterocycles. The number of para-hydroxylation sites is 4. The topological polar surface area (TPSA) is 6.48 Å². The molecule has 0 aliphatic carbocycles. The molecule has 0 N–H and O–H groups in total. The van der Waals surface area contributed by atoms with Crippen molar-refractivity contribution in [1.82, 2.24) is 0 Å². The van der Waals surface area contributed by atoms with Crippen LogP contribution < -0.4 is 9.80 Å². The number of benzene rings is 7. The maximum absolute atomic E-state index is 16.2. The second-order valence-corrected chi connectivity index (χ2v) is 16.8. The van der Waals surface area contributed by atoms with E-state index in [1.54, 1.807) is 26.0 Å². The summed E-state index contributed by atoms with van der Waals surface area (Å²) in [5, 5.41) is 0. The molecule has 0 saturated heterocycles. The molecular formula is C52H36F4N2S2. The molecule has 0 atom stereocenters. The Bertz CT molecular complexity index is 2630. The number of aryl methyl sites for hydroxylation is 2. The molecule has 294 valence electrons. The summed E-state index contributed by atoms with van der Waals surface area (Å²) in [7, 11) is 0. The molecule has 0 fully saturated rings. The van der Waals surface area contributed by atoms with E-state index in [4.69, 9.17) is 0 Å². The number of hydrogen-bond donors (Lipinski definition) is 0. The summed E-state index contributed by atoms with van der Waals surface area (Å²) in [6.45, 7) is 3.57. The Labute approximate surface area is 354 Å². The average Bonchev–Trinajstić information content (AvgIpc) is 3.87. The first-order chi connectivity index (χ1) is 29.3. The first-order valence-corrected chi connectivity index (χ1v) is 21.0. The van der Waals surface area contributed by atoms with Crippen molar-refractivity contribution in [2.45, 2.75) is 13.8 Å². The van der Waals surface area contributed by atoms with Gasteiger partial charge < -0.3 is 9.80 Å². The molecule has 0 saturated carbocycles. The molecule has 0 aliphatic rings. The Kier molecular flexibility index (Phi) is 10.7. The zero-order valence-electron chi connectivity index (χ0n) is 32.5. The van der Waals surface area contributed by atoms with Crippen LogP contribution >= 0.6 is 22.7 Å². The van der Waals surface area contributed by atoms with Crippen molar-refractivity contribution in [1.29, 1.82) is 0 Å². The Morgan fingerprint density at radius 3 is 0.883 bits per heavy atom. The minimum Gasteiger partial charge on any atom is -0.311 e. The van der Waals surface area contributed by atoms with Gasteiger partial charge in [0.2, 0.25) is 0 Å². The van der Waals surface area contributed by atoms with Crippen LogP contribution in [0.5, 0.6) is 0 Å². The van der Waals surface area contributed by atoms with Crippen molar-refractivity contribution in [3.8, 4) is 43.1 Å². The van der Waals surface area contributed by atoms with E-state index in [0.29, 0.717) is 20.9 Å². The molecule has 7 aromatic carbocycles. The predicted molar refractivity (Wildman–Crippen MR) is 243 cm³/mol. The highest BCUT2D eigenvalue weighted by Gasteiger charge is 2.30. The van der Waals surface area contributed by atoms with Crippen LogP contribution in [0.25, 0.3) is 43.1 Å². The van der Waals surface area contributed by atoms with Gasteiger partial charge in [0.25, 0.3) is 0 Å². The van der Waals surface area contributed by atoms with Crippen LogP contribution in [0.3, 0.4) is 0 Å². The van der Waals surface area contributed by atoms with Crippen LogP contribution in [-0.4, -0.2) is 0 Å². The second-order valence-electron chi connectivity index (χ2n) is 14.3. The van der Waals surface area contributed by atoms with Gasteiger partial charge in [0, 0.05) is 64.8 Å². The number of thiophene rings is 2. The van der Waals surface area contributed by atoms with Gasteiger partial charge in [-0.15, -0.1) is 22.7 Å². The van der Waals surface area contributed by atoms with Gasteiger partial charge in [0.15, 0.2) is 23.3 Å². The lowest BCUT2D eigenvalue weighted by atomic mass is 9.92. The summed E-state index contributed by atoms with van der Waals surface area (Å²) >= 11 is 2.77. The average molecular weight is 829 g/mol. The van der Waals surface area contributed by atoms with Gasteiger partial charge in [-0.1, -0.05) is 97.1 Å². The van der Waals surface area contributed by atoms with E-state index in [0.717, 1.165) is 55.0 Å². The Morgan fingerprint density at radius 2 is 0.600 bits per heavy atom. The molecule has 9 rings (SSSR count). The molecule has 8 heteroatoms. The predicted octanol–water partition coefficient (Wildman–Crippen LogP) is 16.6. The van der Waals surface area contributed by atoms with Crippen molar-refractivity contribution in [2.24, 2.45) is 0 Å². The monoisotopic (exact) mass is 828 g/mol. The molecular weight excluding hydrogens is 793 g/mol. The van der Waals surface area contributed by atoms with Gasteiger partial charge in [0.1, 0.15) is 0 Å². The highest BCUT2D eigenvalue weighted by molar-refractivity contribution is 7.16. The SMILES string of the molecule is Cc1sc(-c2ccc(N(c3ccccc3)c3ccccc3)cc2)cc1-c1c(F)c(F)c(F)c(F)c1-c1cc(-c2ccc(N(c3ccccc3)c3ccccc3)cc2)sc1C. The van der Waals surface area contributed by atoms with Crippen molar-refractivity contribution < 1.29 is 17.6 Å². The smallest absolute Gasteiger partial charge is 0.198 e. The number of nitrogens with zero attached hydrogens (tertiary/aromatic N) is 2. The van der Waals surface area contributed by atoms with Gasteiger partial charge in [0.05, 0.1) is 0 Å². The third-order valence-electron chi connectivity index (χ3n) is 10.5. The molecule has 9 aromatic rings. The first-order valence-electron chi connectivity index (χ1n) is 19.4. The van der Waals surface area contributed by atoms with Gasteiger partial charge in [-0.3, -0.25) is 0 Å². The lowest BCUT2D eigenvalue weighted by Gasteiger charge is -2.25. The molecule has 0 amide bonds. The Hall–Kier alpha value is -6.74. The number of rotatable bonds is 10. The summed E-state index contributed by atoms with van der Waals surface area (Å²) < 4.78 is 62.9. The second kappa shape index (κ2) is 16.5. The molecule has 0 bridgehead atoms. The standard InChI is InChI=1S/C52H36F4N2S2/c1-33-43(31-45(59-33)35-23-27-41(28-24-35)57(37-15-7-3-8-16-37)38-17-9-4-10-18-38)47-48(50(54)52(56)51(55)49(47)53)44-32-46(60-34(44)2)36-25-29-42(30-26-36)58(39-19-11-5-12-20-39)40-21-13-6-14-22-40/h3-32H,1-2H3. The van der Waals surface area contributed by atoms with Crippen LogP contribution in [0.15, 0.2) is 182 Å². The largest absolute Gasteiger partial charge is 0.311 e. The first kappa shape index (κ1) is 38.8. The van der Waals surface area contributed by atoms with Crippen molar-refractivity contribution >= 4 is 56.8 Å². The zero-order chi connectivity index (χ0) is 41.3. The Morgan fingerprint density at radius 1 is 0.333 bits per heavy atom. The number of anilines is 6. The number of hydrogen-bond acceptors (Lipinski definition) is 4. The summed E-state index contributed by atoms with van der Waals surface area (Å²) in [4.78, 5) is 7.13. The summed E-state index contributed by atoms with van der Waals surface area (Å²) in [5.74, 6) is -6.53. The summed E-state index contributed by atoms with van der Waals surface area (Å²) in [6.07, 6.45) is 0. The lowest BCUT2D eigenvalue weighted by molar-refractivity contribution is 0.412. The molecule has 2 heterocycles. The van der Waals surface area contributed by atoms with Gasteiger partial charge in [-0.25, -0.2) is 17.6 Å². The van der Waals surface area contributed by atoms with Gasteiger partial charge in [-0.2, -0.15) is 0 Å². The van der Waals surface area contributed by atoms with E-state index >= 15 is 17.6 Å². The van der Waals surface area contributed by atoms with Crippen LogP contribution in [-0.2, 0) is 0 Å².